The Morgan fingerprint density at radius 3 is 2.62 bits per heavy atom. The number of aryl methyl sites for hydroxylation is 1. The van der Waals surface area contributed by atoms with Crippen molar-refractivity contribution in [1.82, 2.24) is 14.8 Å². The minimum absolute atomic E-state index is 0.0805. The van der Waals surface area contributed by atoms with Crippen molar-refractivity contribution in [3.05, 3.63) is 45.0 Å². The number of pyridine rings is 1. The van der Waals surface area contributed by atoms with Crippen LogP contribution in [0.1, 0.15) is 53.6 Å². The molecular formula is C24H27FN4O3. The summed E-state index contributed by atoms with van der Waals surface area (Å²) in [6, 6.07) is 3.43. The summed E-state index contributed by atoms with van der Waals surface area (Å²) >= 11 is 0. The van der Waals surface area contributed by atoms with Gasteiger partial charge in [-0.1, -0.05) is 0 Å². The van der Waals surface area contributed by atoms with Crippen LogP contribution in [0.5, 0.6) is 0 Å². The number of halogens is 1. The Kier molecular flexibility index (Phi) is 4.70. The first-order chi connectivity index (χ1) is 15.2. The van der Waals surface area contributed by atoms with Gasteiger partial charge in [0.15, 0.2) is 0 Å². The molecule has 0 unspecified atom stereocenters. The van der Waals surface area contributed by atoms with Gasteiger partial charge in [0, 0.05) is 60.2 Å². The van der Waals surface area contributed by atoms with E-state index in [4.69, 9.17) is 5.26 Å². The molecule has 168 valence electrons. The normalized spacial score (nSPS) is 21.3. The van der Waals surface area contributed by atoms with Crippen LogP contribution in [0.15, 0.2) is 17.1 Å². The second-order valence-corrected chi connectivity index (χ2v) is 9.68. The number of aromatic nitrogens is 1. The number of likely N-dealkylation sites (tertiary alicyclic amines) is 1. The molecule has 8 heteroatoms. The van der Waals surface area contributed by atoms with Gasteiger partial charge in [0.1, 0.15) is 11.4 Å². The fraction of sp³-hybridized carbons (Fsp3) is 0.542. The number of carbonyl (C=O) groups is 1. The molecule has 32 heavy (non-hydrogen) atoms. The van der Waals surface area contributed by atoms with Gasteiger partial charge in [-0.15, -0.1) is 0 Å². The minimum Gasteiger partial charge on any atom is -0.477 e. The van der Waals surface area contributed by atoms with Gasteiger partial charge in [-0.3, -0.25) is 14.6 Å². The van der Waals surface area contributed by atoms with Crippen LogP contribution >= 0.6 is 0 Å². The van der Waals surface area contributed by atoms with E-state index in [-0.39, 0.29) is 22.0 Å². The predicted molar refractivity (Wildman–Crippen MR) is 117 cm³/mol. The molecule has 2 heterocycles. The smallest absolute Gasteiger partial charge is 0.341 e. The van der Waals surface area contributed by atoms with Crippen LogP contribution in [0.25, 0.3) is 10.9 Å². The summed E-state index contributed by atoms with van der Waals surface area (Å²) in [5, 5.41) is 18.2. The van der Waals surface area contributed by atoms with Gasteiger partial charge in [0.05, 0.1) is 11.6 Å². The van der Waals surface area contributed by atoms with E-state index in [2.05, 4.69) is 27.9 Å². The van der Waals surface area contributed by atoms with Gasteiger partial charge < -0.3 is 10.1 Å². The number of hydrogen-bond donors (Lipinski definition) is 2. The van der Waals surface area contributed by atoms with Crippen molar-refractivity contribution >= 4 is 16.9 Å². The van der Waals surface area contributed by atoms with Crippen molar-refractivity contribution in [2.24, 2.45) is 5.92 Å². The summed E-state index contributed by atoms with van der Waals surface area (Å²) in [5.74, 6) is -1.24. The zero-order valence-electron chi connectivity index (χ0n) is 18.4. The molecule has 0 radical (unpaired) electrons. The monoisotopic (exact) mass is 438 g/mol. The van der Waals surface area contributed by atoms with E-state index < -0.39 is 17.2 Å². The summed E-state index contributed by atoms with van der Waals surface area (Å²) < 4.78 is 15.4. The molecule has 5 rings (SSSR count). The fourth-order valence-electron chi connectivity index (χ4n) is 5.91. The summed E-state index contributed by atoms with van der Waals surface area (Å²) in [6.45, 7) is 4.40. The minimum atomic E-state index is -1.32. The number of benzene rings is 1. The maximum Gasteiger partial charge on any atom is 0.341 e. The van der Waals surface area contributed by atoms with Gasteiger partial charge in [0.25, 0.3) is 0 Å². The van der Waals surface area contributed by atoms with Crippen LogP contribution in [0, 0.1) is 30.0 Å². The number of nitrogens with one attached hydrogen (secondary N) is 1. The van der Waals surface area contributed by atoms with Crippen molar-refractivity contribution < 1.29 is 14.3 Å². The molecule has 2 saturated carbocycles. The van der Waals surface area contributed by atoms with Crippen LogP contribution in [-0.2, 0) is 5.54 Å². The van der Waals surface area contributed by atoms with Gasteiger partial charge in [-0.25, -0.2) is 9.18 Å². The van der Waals surface area contributed by atoms with Gasteiger partial charge in [-0.2, -0.15) is 5.26 Å². The number of carboxylic acid groups (broad SMARTS) is 1. The SMILES string of the molecule is Cc1c(C2(N3CC(C4(N(C)CCC#N)CC4)C3)CC2)c(F)cc2c(=O)c(C(=O)O)c[nH]c12. The molecule has 1 aromatic carbocycles. The number of aromatic carboxylic acids is 1. The van der Waals surface area contributed by atoms with Crippen LogP contribution in [0.2, 0.25) is 0 Å². The first kappa shape index (κ1) is 21.1. The van der Waals surface area contributed by atoms with E-state index in [0.29, 0.717) is 29.0 Å². The largest absolute Gasteiger partial charge is 0.477 e. The molecule has 0 amide bonds. The van der Waals surface area contributed by atoms with Crippen molar-refractivity contribution in [2.75, 3.05) is 26.7 Å². The zero-order valence-corrected chi connectivity index (χ0v) is 18.4. The number of aromatic amines is 1. The molecule has 1 saturated heterocycles. The predicted octanol–water partition coefficient (Wildman–Crippen LogP) is 2.97. The highest BCUT2D eigenvalue weighted by atomic mass is 19.1. The van der Waals surface area contributed by atoms with E-state index in [1.807, 2.05) is 6.92 Å². The van der Waals surface area contributed by atoms with Crippen molar-refractivity contribution in [3.63, 3.8) is 0 Å². The second-order valence-electron chi connectivity index (χ2n) is 9.68. The molecule has 0 atom stereocenters. The molecule has 0 bridgehead atoms. The van der Waals surface area contributed by atoms with Crippen LogP contribution in [0.3, 0.4) is 0 Å². The Hall–Kier alpha value is -2.76. The van der Waals surface area contributed by atoms with Crippen LogP contribution < -0.4 is 5.43 Å². The number of carboxylic acids is 1. The third-order valence-corrected chi connectivity index (χ3v) is 8.13. The number of nitrogens with zero attached hydrogens (tertiary/aromatic N) is 3. The maximum absolute atomic E-state index is 15.4. The Morgan fingerprint density at radius 2 is 2.06 bits per heavy atom. The van der Waals surface area contributed by atoms with E-state index in [0.717, 1.165) is 45.3 Å². The highest BCUT2D eigenvalue weighted by molar-refractivity contribution is 5.93. The molecule has 2 N–H and O–H groups in total. The molecule has 3 fully saturated rings. The van der Waals surface area contributed by atoms with Gasteiger partial charge in [-0.05, 0) is 51.3 Å². The lowest BCUT2D eigenvalue weighted by Crippen LogP contribution is -2.60. The number of rotatable bonds is 7. The lowest BCUT2D eigenvalue weighted by atomic mass is 9.83. The third kappa shape index (κ3) is 2.91. The summed E-state index contributed by atoms with van der Waals surface area (Å²) in [6.07, 6.45) is 5.78. The van der Waals surface area contributed by atoms with E-state index in [9.17, 15) is 14.7 Å². The third-order valence-electron chi connectivity index (χ3n) is 8.13. The number of fused-ring (bicyclic) bond motifs is 1. The van der Waals surface area contributed by atoms with Crippen molar-refractivity contribution in [2.45, 2.75) is 50.1 Å². The van der Waals surface area contributed by atoms with Crippen LogP contribution in [0.4, 0.5) is 4.39 Å². The molecule has 1 aromatic heterocycles. The quantitative estimate of drug-likeness (QED) is 0.689. The summed E-state index contributed by atoms with van der Waals surface area (Å²) in [7, 11) is 2.11. The highest BCUT2D eigenvalue weighted by Crippen LogP contribution is 2.59. The Balaban J connectivity index is 1.43. The van der Waals surface area contributed by atoms with E-state index in [1.54, 1.807) is 0 Å². The van der Waals surface area contributed by atoms with Crippen LogP contribution in [-0.4, -0.2) is 58.1 Å². The maximum atomic E-state index is 15.4. The lowest BCUT2D eigenvalue weighted by molar-refractivity contribution is -0.0216. The molecule has 7 nitrogen and oxygen atoms in total. The number of nitriles is 1. The van der Waals surface area contributed by atoms with Crippen molar-refractivity contribution in [3.8, 4) is 6.07 Å². The Morgan fingerprint density at radius 1 is 1.38 bits per heavy atom. The lowest BCUT2D eigenvalue weighted by Gasteiger charge is -2.51. The molecule has 0 spiro atoms. The Bertz CT molecular complexity index is 1220. The molecule has 2 aliphatic carbocycles. The Labute approximate surface area is 185 Å². The molecular weight excluding hydrogens is 411 g/mol. The highest BCUT2D eigenvalue weighted by Gasteiger charge is 2.62. The van der Waals surface area contributed by atoms with Gasteiger partial charge in [0.2, 0.25) is 5.43 Å². The summed E-state index contributed by atoms with van der Waals surface area (Å²) in [4.78, 5) is 31.5. The number of hydrogen-bond acceptors (Lipinski definition) is 5. The summed E-state index contributed by atoms with van der Waals surface area (Å²) in [5.41, 5.74) is 0.610. The molecule has 2 aromatic rings. The topological polar surface area (TPSA) is 100 Å². The average Bonchev–Trinajstić information content (AvgIpc) is 3.63. The molecule has 3 aliphatic rings. The standard InChI is InChI=1S/C24H27FN4O3/c1-14-19(18(25)10-16-20(14)27-11-17(21(16)30)22(31)32)24(6-7-24)29-12-15(13-29)23(4-5-23)28(2)9-3-8-26/h10-11,15H,3-7,9,12-13H2,1-2H3,(H,27,30)(H,31,32). The first-order valence-electron chi connectivity index (χ1n) is 11.2. The van der Waals surface area contributed by atoms with Crippen molar-refractivity contribution in [1.29, 1.82) is 5.26 Å². The average molecular weight is 439 g/mol. The zero-order chi connectivity index (χ0) is 22.8. The van der Waals surface area contributed by atoms with E-state index >= 15 is 4.39 Å². The fourth-order valence-corrected chi connectivity index (χ4v) is 5.91. The van der Waals surface area contributed by atoms with E-state index in [1.165, 1.54) is 12.3 Å². The number of H-pyrrole nitrogens is 1. The second kappa shape index (κ2) is 7.12. The molecule has 1 aliphatic heterocycles. The first-order valence-corrected chi connectivity index (χ1v) is 11.2. The van der Waals surface area contributed by atoms with Gasteiger partial charge >= 0.3 is 5.97 Å².